The lowest BCUT2D eigenvalue weighted by molar-refractivity contribution is 0.393. The number of nitrogens with one attached hydrogen (secondary N) is 1. The van der Waals surface area contributed by atoms with E-state index in [1.165, 1.54) is 6.07 Å². The highest BCUT2D eigenvalue weighted by molar-refractivity contribution is 6.30. The van der Waals surface area contributed by atoms with Gasteiger partial charge < -0.3 is 14.8 Å². The van der Waals surface area contributed by atoms with Gasteiger partial charge in [-0.2, -0.15) is 0 Å². The average Bonchev–Trinajstić information content (AvgIpc) is 2.50. The van der Waals surface area contributed by atoms with Gasteiger partial charge in [-0.15, -0.1) is 0 Å². The summed E-state index contributed by atoms with van der Waals surface area (Å²) in [5.41, 5.74) is 1.97. The molecule has 21 heavy (non-hydrogen) atoms. The number of hydrogen-bond acceptors (Lipinski definition) is 3. The highest BCUT2D eigenvalue weighted by Crippen LogP contribution is 2.22. The van der Waals surface area contributed by atoms with Gasteiger partial charge in [-0.05, 0) is 35.4 Å². The van der Waals surface area contributed by atoms with Crippen molar-refractivity contribution in [3.63, 3.8) is 0 Å². The number of hydrogen-bond donors (Lipinski definition) is 1. The first-order valence-electron chi connectivity index (χ1n) is 6.49. The lowest BCUT2D eigenvalue weighted by Crippen LogP contribution is -2.13. The van der Waals surface area contributed by atoms with Crippen LogP contribution in [0, 0.1) is 5.82 Å². The van der Waals surface area contributed by atoms with Crippen LogP contribution in [0.1, 0.15) is 11.1 Å². The lowest BCUT2D eigenvalue weighted by Gasteiger charge is -2.10. The van der Waals surface area contributed by atoms with E-state index >= 15 is 0 Å². The van der Waals surface area contributed by atoms with E-state index in [9.17, 15) is 4.39 Å². The number of benzene rings is 2. The van der Waals surface area contributed by atoms with Gasteiger partial charge in [0.25, 0.3) is 0 Å². The first-order chi connectivity index (χ1) is 10.1. The van der Waals surface area contributed by atoms with Crippen molar-refractivity contribution < 1.29 is 13.9 Å². The second-order valence-corrected chi connectivity index (χ2v) is 4.98. The molecule has 2 rings (SSSR count). The summed E-state index contributed by atoms with van der Waals surface area (Å²) >= 11 is 5.75. The van der Waals surface area contributed by atoms with E-state index in [2.05, 4.69) is 5.32 Å². The van der Waals surface area contributed by atoms with Gasteiger partial charge in [0.05, 0.1) is 19.2 Å². The SMILES string of the molecule is COc1cc(CNCc2ccc(F)c(Cl)c2)cc(OC)c1. The highest BCUT2D eigenvalue weighted by atomic mass is 35.5. The molecule has 0 saturated heterocycles. The molecule has 5 heteroatoms. The summed E-state index contributed by atoms with van der Waals surface area (Å²) in [4.78, 5) is 0. The van der Waals surface area contributed by atoms with Crippen LogP contribution in [0.2, 0.25) is 5.02 Å². The van der Waals surface area contributed by atoms with Crippen molar-refractivity contribution in [2.24, 2.45) is 0 Å². The van der Waals surface area contributed by atoms with Crippen molar-refractivity contribution in [1.29, 1.82) is 0 Å². The Morgan fingerprint density at radius 1 is 0.952 bits per heavy atom. The monoisotopic (exact) mass is 309 g/mol. The molecule has 0 aliphatic rings. The summed E-state index contributed by atoms with van der Waals surface area (Å²) in [5, 5.41) is 3.41. The molecule has 0 amide bonds. The zero-order valence-corrected chi connectivity index (χ0v) is 12.7. The van der Waals surface area contributed by atoms with Gasteiger partial charge in [-0.1, -0.05) is 17.7 Å². The maximum absolute atomic E-state index is 13.1. The molecule has 0 atom stereocenters. The van der Waals surface area contributed by atoms with E-state index in [0.717, 1.165) is 22.6 Å². The predicted octanol–water partition coefficient (Wildman–Crippen LogP) is 3.79. The van der Waals surface area contributed by atoms with E-state index in [0.29, 0.717) is 13.1 Å². The van der Waals surface area contributed by atoms with Crippen molar-refractivity contribution in [1.82, 2.24) is 5.32 Å². The van der Waals surface area contributed by atoms with Crippen LogP contribution in [-0.2, 0) is 13.1 Å². The minimum atomic E-state index is -0.405. The van der Waals surface area contributed by atoms with Gasteiger partial charge in [0.15, 0.2) is 0 Å². The van der Waals surface area contributed by atoms with Gasteiger partial charge >= 0.3 is 0 Å². The van der Waals surface area contributed by atoms with Crippen molar-refractivity contribution in [3.8, 4) is 11.5 Å². The van der Waals surface area contributed by atoms with Crippen molar-refractivity contribution in [2.45, 2.75) is 13.1 Å². The van der Waals surface area contributed by atoms with Gasteiger partial charge in [-0.25, -0.2) is 4.39 Å². The second kappa shape index (κ2) is 7.29. The third-order valence-electron chi connectivity index (χ3n) is 3.05. The van der Waals surface area contributed by atoms with E-state index in [1.54, 1.807) is 26.4 Å². The van der Waals surface area contributed by atoms with E-state index in [1.807, 2.05) is 18.2 Å². The average molecular weight is 310 g/mol. The zero-order valence-electron chi connectivity index (χ0n) is 12.0. The van der Waals surface area contributed by atoms with Crippen LogP contribution in [-0.4, -0.2) is 14.2 Å². The summed E-state index contributed by atoms with van der Waals surface area (Å²) in [5.74, 6) is 1.09. The molecule has 3 nitrogen and oxygen atoms in total. The third-order valence-corrected chi connectivity index (χ3v) is 3.34. The molecule has 0 saturated carbocycles. The number of methoxy groups -OCH3 is 2. The molecular formula is C16H17ClFNO2. The van der Waals surface area contributed by atoms with Gasteiger partial charge in [0, 0.05) is 19.2 Å². The second-order valence-electron chi connectivity index (χ2n) is 4.57. The summed E-state index contributed by atoms with van der Waals surface area (Å²) in [7, 11) is 3.24. The first-order valence-corrected chi connectivity index (χ1v) is 6.86. The maximum Gasteiger partial charge on any atom is 0.141 e. The van der Waals surface area contributed by atoms with Crippen LogP contribution >= 0.6 is 11.6 Å². The van der Waals surface area contributed by atoms with Crippen LogP contribution in [0.15, 0.2) is 36.4 Å². The largest absolute Gasteiger partial charge is 0.497 e. The van der Waals surface area contributed by atoms with Crippen LogP contribution in [0.25, 0.3) is 0 Å². The molecule has 0 aliphatic heterocycles. The van der Waals surface area contributed by atoms with Gasteiger partial charge in [-0.3, -0.25) is 0 Å². The van der Waals surface area contributed by atoms with Crippen LogP contribution in [0.4, 0.5) is 4.39 Å². The molecule has 1 N–H and O–H groups in total. The van der Waals surface area contributed by atoms with Crippen LogP contribution < -0.4 is 14.8 Å². The molecule has 0 heterocycles. The fourth-order valence-corrected chi connectivity index (χ4v) is 2.17. The molecule has 0 aliphatic carbocycles. The third kappa shape index (κ3) is 4.34. The number of rotatable bonds is 6. The van der Waals surface area contributed by atoms with Crippen LogP contribution in [0.5, 0.6) is 11.5 Å². The molecule has 0 aromatic heterocycles. The normalized spacial score (nSPS) is 10.5. The lowest BCUT2D eigenvalue weighted by atomic mass is 10.2. The Bertz CT molecular complexity index is 597. The van der Waals surface area contributed by atoms with Crippen LogP contribution in [0.3, 0.4) is 0 Å². The molecule has 2 aromatic carbocycles. The zero-order chi connectivity index (χ0) is 15.2. The predicted molar refractivity (Wildman–Crippen MR) is 81.5 cm³/mol. The van der Waals surface area contributed by atoms with Gasteiger partial charge in [0.1, 0.15) is 17.3 Å². The quantitative estimate of drug-likeness (QED) is 0.880. The highest BCUT2D eigenvalue weighted by Gasteiger charge is 2.03. The molecule has 2 aromatic rings. The molecule has 112 valence electrons. The Kier molecular flexibility index (Phi) is 5.42. The molecule has 0 unspecified atom stereocenters. The van der Waals surface area contributed by atoms with E-state index < -0.39 is 5.82 Å². The molecule has 0 radical (unpaired) electrons. The molecule has 0 spiro atoms. The minimum Gasteiger partial charge on any atom is -0.497 e. The maximum atomic E-state index is 13.1. The smallest absolute Gasteiger partial charge is 0.141 e. The fourth-order valence-electron chi connectivity index (χ4n) is 1.97. The van der Waals surface area contributed by atoms with Gasteiger partial charge in [0.2, 0.25) is 0 Å². The first kappa shape index (κ1) is 15.6. The molecule has 0 fully saturated rings. The Labute approximate surface area is 128 Å². The Hall–Kier alpha value is -1.78. The Balaban J connectivity index is 1.98. The summed E-state index contributed by atoms with van der Waals surface area (Å²) in [6.45, 7) is 1.24. The Morgan fingerprint density at radius 3 is 2.14 bits per heavy atom. The summed E-state index contributed by atoms with van der Waals surface area (Å²) in [6, 6.07) is 10.4. The van der Waals surface area contributed by atoms with E-state index in [-0.39, 0.29) is 5.02 Å². The van der Waals surface area contributed by atoms with Crippen molar-refractivity contribution >= 4 is 11.6 Å². The number of halogens is 2. The van der Waals surface area contributed by atoms with Crippen molar-refractivity contribution in [3.05, 3.63) is 58.4 Å². The molecular weight excluding hydrogens is 293 g/mol. The summed E-state index contributed by atoms with van der Waals surface area (Å²) in [6.07, 6.45) is 0. The molecule has 0 bridgehead atoms. The summed E-state index contributed by atoms with van der Waals surface area (Å²) < 4.78 is 23.5. The van der Waals surface area contributed by atoms with Crippen molar-refractivity contribution in [2.75, 3.05) is 14.2 Å². The minimum absolute atomic E-state index is 0.136. The van der Waals surface area contributed by atoms with E-state index in [4.69, 9.17) is 21.1 Å². The topological polar surface area (TPSA) is 30.5 Å². The fraction of sp³-hybridized carbons (Fsp3) is 0.250. The number of ether oxygens (including phenoxy) is 2. The standard InChI is InChI=1S/C16H17ClFNO2/c1-20-13-5-12(6-14(8-13)21-2)10-19-9-11-3-4-16(18)15(17)7-11/h3-8,19H,9-10H2,1-2H3. The Morgan fingerprint density at radius 2 is 1.57 bits per heavy atom.